The van der Waals surface area contributed by atoms with Crippen LogP contribution in [0.25, 0.3) is 6.08 Å². The Bertz CT molecular complexity index is 1400. The number of aryl methyl sites for hydroxylation is 2. The lowest BCUT2D eigenvalue weighted by Gasteiger charge is -2.14. The fraction of sp³-hybridized carbons (Fsp3) is 0.176. The first-order valence-electron chi connectivity index (χ1n) is 13.0. The summed E-state index contributed by atoms with van der Waals surface area (Å²) in [6, 6.07) is 31.0. The van der Waals surface area contributed by atoms with Crippen molar-refractivity contribution in [3.8, 4) is 5.75 Å². The Morgan fingerprint density at radius 1 is 0.763 bits per heavy atom. The third kappa shape index (κ3) is 7.07. The molecule has 0 saturated carbocycles. The zero-order valence-corrected chi connectivity index (χ0v) is 21.9. The molecular weight excluding hydrogens is 470 g/mol. The molecule has 0 spiro atoms. The van der Waals surface area contributed by atoms with Gasteiger partial charge in [-0.05, 0) is 59.4 Å². The van der Waals surface area contributed by atoms with Crippen molar-refractivity contribution in [3.05, 3.63) is 137 Å². The summed E-state index contributed by atoms with van der Waals surface area (Å²) < 4.78 is 6.00. The SMILES string of the molecule is CCc1cccc(CC)c1NC(=O)Cc1cccc(C(=O)C=Cc2ccccc2OCc2ccccc2)c1. The molecular formula is C34H33NO3. The van der Waals surface area contributed by atoms with E-state index in [2.05, 4.69) is 19.2 Å². The van der Waals surface area contributed by atoms with Crippen molar-refractivity contribution in [1.29, 1.82) is 0 Å². The maximum Gasteiger partial charge on any atom is 0.228 e. The molecule has 0 heterocycles. The van der Waals surface area contributed by atoms with E-state index in [0.29, 0.717) is 17.9 Å². The highest BCUT2D eigenvalue weighted by Gasteiger charge is 2.12. The second kappa shape index (κ2) is 13.2. The molecule has 0 bridgehead atoms. The molecule has 0 fully saturated rings. The van der Waals surface area contributed by atoms with E-state index in [9.17, 15) is 9.59 Å². The summed E-state index contributed by atoms with van der Waals surface area (Å²) in [6.07, 6.45) is 5.22. The molecule has 0 saturated heterocycles. The largest absolute Gasteiger partial charge is 0.488 e. The topological polar surface area (TPSA) is 55.4 Å². The number of nitrogens with one attached hydrogen (secondary N) is 1. The van der Waals surface area contributed by atoms with Gasteiger partial charge in [0.15, 0.2) is 5.78 Å². The van der Waals surface area contributed by atoms with Gasteiger partial charge in [-0.1, -0.05) is 98.8 Å². The first kappa shape index (κ1) is 26.6. The first-order valence-corrected chi connectivity index (χ1v) is 13.0. The average molecular weight is 504 g/mol. The van der Waals surface area contributed by atoms with Gasteiger partial charge in [0.25, 0.3) is 0 Å². The summed E-state index contributed by atoms with van der Waals surface area (Å²) in [5.74, 6) is 0.490. The second-order valence-corrected chi connectivity index (χ2v) is 9.09. The van der Waals surface area contributed by atoms with E-state index < -0.39 is 0 Å². The van der Waals surface area contributed by atoms with Crippen LogP contribution in [-0.4, -0.2) is 11.7 Å². The highest BCUT2D eigenvalue weighted by Crippen LogP contribution is 2.24. The molecule has 0 aliphatic rings. The van der Waals surface area contributed by atoms with Crippen molar-refractivity contribution in [1.82, 2.24) is 0 Å². The van der Waals surface area contributed by atoms with Gasteiger partial charge in [-0.2, -0.15) is 0 Å². The summed E-state index contributed by atoms with van der Waals surface area (Å²) in [7, 11) is 0. The van der Waals surface area contributed by atoms with Gasteiger partial charge in [0.1, 0.15) is 12.4 Å². The van der Waals surface area contributed by atoms with E-state index in [-0.39, 0.29) is 18.1 Å². The minimum atomic E-state index is -0.130. The van der Waals surface area contributed by atoms with Gasteiger partial charge in [-0.25, -0.2) is 0 Å². The fourth-order valence-electron chi connectivity index (χ4n) is 4.35. The quantitative estimate of drug-likeness (QED) is 0.171. The molecule has 0 radical (unpaired) electrons. The Morgan fingerprint density at radius 3 is 2.16 bits per heavy atom. The molecule has 4 heteroatoms. The van der Waals surface area contributed by atoms with Gasteiger partial charge in [0.05, 0.1) is 6.42 Å². The molecule has 0 aliphatic heterocycles. The van der Waals surface area contributed by atoms with Crippen LogP contribution in [0.3, 0.4) is 0 Å². The maximum atomic E-state index is 13.0. The van der Waals surface area contributed by atoms with E-state index >= 15 is 0 Å². The summed E-state index contributed by atoms with van der Waals surface area (Å²) in [5, 5.41) is 3.10. The summed E-state index contributed by atoms with van der Waals surface area (Å²) >= 11 is 0. The number of hydrogen-bond acceptors (Lipinski definition) is 3. The van der Waals surface area contributed by atoms with Crippen molar-refractivity contribution in [2.75, 3.05) is 5.32 Å². The lowest BCUT2D eigenvalue weighted by Crippen LogP contribution is -2.17. The Morgan fingerprint density at radius 2 is 1.42 bits per heavy atom. The fourth-order valence-corrected chi connectivity index (χ4v) is 4.35. The van der Waals surface area contributed by atoms with Crippen LogP contribution in [-0.2, 0) is 30.7 Å². The van der Waals surface area contributed by atoms with Crippen LogP contribution in [0.5, 0.6) is 5.75 Å². The van der Waals surface area contributed by atoms with E-state index in [0.717, 1.165) is 46.3 Å². The number of allylic oxidation sites excluding steroid dienone is 1. The minimum Gasteiger partial charge on any atom is -0.488 e. The number of carbonyl (C=O) groups is 2. The smallest absolute Gasteiger partial charge is 0.228 e. The maximum absolute atomic E-state index is 13.0. The molecule has 0 unspecified atom stereocenters. The zero-order chi connectivity index (χ0) is 26.7. The van der Waals surface area contributed by atoms with E-state index in [1.54, 1.807) is 24.3 Å². The van der Waals surface area contributed by atoms with E-state index in [1.807, 2.05) is 84.9 Å². The number of ketones is 1. The monoisotopic (exact) mass is 503 g/mol. The highest BCUT2D eigenvalue weighted by atomic mass is 16.5. The molecule has 0 atom stereocenters. The molecule has 4 aromatic rings. The van der Waals surface area contributed by atoms with E-state index in [4.69, 9.17) is 4.74 Å². The number of carbonyl (C=O) groups excluding carboxylic acids is 2. The summed E-state index contributed by atoms with van der Waals surface area (Å²) in [5.41, 5.74) is 6.39. The standard InChI is InChI=1S/C34H33NO3/c1-3-27-16-11-17-28(4-2)34(27)35-33(37)23-26-14-10-18-30(22-26)31(36)21-20-29-15-8-9-19-32(29)38-24-25-12-6-5-7-13-25/h5-22H,3-4,23-24H2,1-2H3,(H,35,37). The molecule has 4 aromatic carbocycles. The highest BCUT2D eigenvalue weighted by molar-refractivity contribution is 6.07. The second-order valence-electron chi connectivity index (χ2n) is 9.09. The molecule has 4 rings (SSSR count). The van der Waals surface area contributed by atoms with Crippen molar-refractivity contribution in [2.45, 2.75) is 39.7 Å². The Kier molecular flexibility index (Phi) is 9.25. The third-order valence-corrected chi connectivity index (χ3v) is 6.41. The molecule has 1 N–H and O–H groups in total. The normalized spacial score (nSPS) is 10.9. The van der Waals surface area contributed by atoms with Crippen molar-refractivity contribution >= 4 is 23.5 Å². The predicted octanol–water partition coefficient (Wildman–Crippen LogP) is 7.47. The van der Waals surface area contributed by atoms with Crippen LogP contribution >= 0.6 is 0 Å². The first-order chi connectivity index (χ1) is 18.6. The van der Waals surface area contributed by atoms with Crippen LogP contribution in [0.2, 0.25) is 0 Å². The third-order valence-electron chi connectivity index (χ3n) is 6.41. The molecule has 1 amide bonds. The van der Waals surface area contributed by atoms with Crippen LogP contribution in [0.15, 0.2) is 103 Å². The Hall–Kier alpha value is -4.44. The number of amides is 1. The lowest BCUT2D eigenvalue weighted by atomic mass is 10.0. The predicted molar refractivity (Wildman–Crippen MR) is 155 cm³/mol. The lowest BCUT2D eigenvalue weighted by molar-refractivity contribution is -0.115. The summed E-state index contributed by atoms with van der Waals surface area (Å²) in [4.78, 5) is 25.9. The van der Waals surface area contributed by atoms with Gasteiger partial charge >= 0.3 is 0 Å². The van der Waals surface area contributed by atoms with Crippen LogP contribution in [0.4, 0.5) is 5.69 Å². The molecule has 38 heavy (non-hydrogen) atoms. The molecule has 192 valence electrons. The van der Waals surface area contributed by atoms with Gasteiger partial charge in [-0.15, -0.1) is 0 Å². The van der Waals surface area contributed by atoms with Crippen molar-refractivity contribution < 1.29 is 14.3 Å². The van der Waals surface area contributed by atoms with Gasteiger partial charge in [-0.3, -0.25) is 9.59 Å². The Balaban J connectivity index is 1.42. The number of benzene rings is 4. The number of ether oxygens (including phenoxy) is 1. The number of anilines is 1. The van der Waals surface area contributed by atoms with Gasteiger partial charge in [0.2, 0.25) is 5.91 Å². The number of hydrogen-bond donors (Lipinski definition) is 1. The molecule has 0 aromatic heterocycles. The average Bonchev–Trinajstić information content (AvgIpc) is 2.96. The molecule has 0 aliphatic carbocycles. The number of para-hydroxylation sites is 2. The van der Waals surface area contributed by atoms with Crippen LogP contribution in [0, 0.1) is 0 Å². The van der Waals surface area contributed by atoms with Crippen molar-refractivity contribution in [3.63, 3.8) is 0 Å². The van der Waals surface area contributed by atoms with E-state index in [1.165, 1.54) is 0 Å². The van der Waals surface area contributed by atoms with Gasteiger partial charge < -0.3 is 10.1 Å². The van der Waals surface area contributed by atoms with Crippen molar-refractivity contribution in [2.24, 2.45) is 0 Å². The minimum absolute atomic E-state index is 0.0924. The van der Waals surface area contributed by atoms with Crippen LogP contribution < -0.4 is 10.1 Å². The number of rotatable bonds is 11. The zero-order valence-electron chi connectivity index (χ0n) is 21.9. The summed E-state index contributed by atoms with van der Waals surface area (Å²) in [6.45, 7) is 4.62. The molecule has 4 nitrogen and oxygen atoms in total. The Labute approximate surface area is 225 Å². The van der Waals surface area contributed by atoms with Crippen LogP contribution in [0.1, 0.15) is 52.0 Å². The van der Waals surface area contributed by atoms with Gasteiger partial charge in [0, 0.05) is 16.8 Å².